The fourth-order valence-corrected chi connectivity index (χ4v) is 13.1. The van der Waals surface area contributed by atoms with Gasteiger partial charge in [0.25, 0.3) is 11.8 Å². The van der Waals surface area contributed by atoms with Crippen LogP contribution >= 0.6 is 45.7 Å². The first-order chi connectivity index (χ1) is 39.8. The summed E-state index contributed by atoms with van der Waals surface area (Å²) in [4.78, 5) is 69.9. The second-order valence-electron chi connectivity index (χ2n) is 19.1. The number of hydrogen-bond acceptors (Lipinski definition) is 12. The van der Waals surface area contributed by atoms with Crippen LogP contribution in [0.15, 0.2) is 258 Å². The molecule has 0 bridgehead atoms. The van der Waals surface area contributed by atoms with Gasteiger partial charge in [-0.3, -0.25) is 14.5 Å². The number of hydrogen-bond donors (Lipinski definition) is 2. The topological polar surface area (TPSA) is 149 Å². The normalized spacial score (nSPS) is 15.1. The first-order valence-corrected chi connectivity index (χ1v) is 29.6. The summed E-state index contributed by atoms with van der Waals surface area (Å²) in [5.74, 6) is -1.88. The Balaban J connectivity index is 0.868. The molecule has 402 valence electrons. The lowest BCUT2D eigenvalue weighted by molar-refractivity contribution is -0.154. The van der Waals surface area contributed by atoms with Gasteiger partial charge in [-0.05, 0) is 62.2 Å². The van der Waals surface area contributed by atoms with Crippen LogP contribution in [-0.4, -0.2) is 60.9 Å². The monoisotopic (exact) mass is 1220 g/mol. The smallest absolute Gasteiger partial charge is 0.356 e. The van der Waals surface area contributed by atoms with Gasteiger partial charge < -0.3 is 24.9 Å². The first-order valence-electron chi connectivity index (χ1n) is 26.1. The zero-order valence-corrected chi connectivity index (χ0v) is 47.2. The molecule has 1 saturated heterocycles. The van der Waals surface area contributed by atoms with E-state index < -0.39 is 52.9 Å². The lowest BCUT2D eigenvalue weighted by Gasteiger charge is -2.49. The van der Waals surface area contributed by atoms with Gasteiger partial charge in [-0.2, -0.15) is 0 Å². The number of halogens is 1. The molecule has 3 heterocycles. The number of ether oxygens (including phenoxy) is 2. The molecule has 2 atom stereocenters. The summed E-state index contributed by atoms with van der Waals surface area (Å²) >= 11 is 4.94. The van der Waals surface area contributed by atoms with Gasteiger partial charge in [0.2, 0.25) is 0 Å². The molecule has 0 spiro atoms. The lowest BCUT2D eigenvalue weighted by Crippen LogP contribution is -2.71. The summed E-state index contributed by atoms with van der Waals surface area (Å²) in [6, 6.07) is 74.1. The lowest BCUT2D eigenvalue weighted by atomic mass is 9.77. The number of oxime groups is 1. The van der Waals surface area contributed by atoms with Crippen LogP contribution in [0.2, 0.25) is 0 Å². The van der Waals surface area contributed by atoms with Gasteiger partial charge in [0.05, 0.1) is 5.56 Å². The van der Waals surface area contributed by atoms with E-state index in [1.165, 1.54) is 28.0 Å². The molecule has 2 N–H and O–H groups in total. The molecule has 81 heavy (non-hydrogen) atoms. The second-order valence-corrected chi connectivity index (χ2v) is 21.8. The maximum Gasteiger partial charge on any atom is 0.356 e. The van der Waals surface area contributed by atoms with Crippen LogP contribution in [0.4, 0.5) is 5.13 Å². The van der Waals surface area contributed by atoms with Crippen LogP contribution in [0.1, 0.15) is 72.8 Å². The molecule has 0 saturated carbocycles. The number of fused-ring (bicyclic) bond motifs is 1. The van der Waals surface area contributed by atoms with Crippen LogP contribution in [-0.2, 0) is 40.8 Å². The molecule has 0 aliphatic carbocycles. The number of thioether (sulfide) groups is 1. The molecule has 2 aliphatic heterocycles. The van der Waals surface area contributed by atoms with Gasteiger partial charge in [0.15, 0.2) is 23.1 Å². The third kappa shape index (κ3) is 11.8. The van der Waals surface area contributed by atoms with Crippen LogP contribution in [0.3, 0.4) is 0 Å². The SMILES string of the molecule is O=C(OC(c1ccccc1)c1ccccc1)C1=C(CI)CS[C@@H]2[C@H](NC(=O)/C(=N\OCc3ccc(C(=O)OC(c4ccccc4)c4ccccc4)cc3)c3csc(NC(c4ccccc4)(c4ccccc4)c4ccccc4)n3)C(=O)N12. The van der Waals surface area contributed by atoms with Crippen molar-refractivity contribution in [3.8, 4) is 0 Å². The number of alkyl halides is 1. The van der Waals surface area contributed by atoms with Crippen molar-refractivity contribution >= 4 is 80.3 Å². The highest BCUT2D eigenvalue weighted by molar-refractivity contribution is 14.1. The first kappa shape index (κ1) is 54.3. The molecule has 0 unspecified atom stereocenters. The number of carbonyl (C=O) groups excluding carboxylic acids is 4. The van der Waals surface area contributed by atoms with Gasteiger partial charge >= 0.3 is 11.9 Å². The third-order valence-corrected chi connectivity index (χ3v) is 17.0. The summed E-state index contributed by atoms with van der Waals surface area (Å²) in [6.45, 7) is -0.0892. The molecule has 9 aromatic rings. The van der Waals surface area contributed by atoms with Gasteiger partial charge in [-0.15, -0.1) is 23.1 Å². The van der Waals surface area contributed by atoms with Crippen molar-refractivity contribution in [3.05, 3.63) is 309 Å². The second kappa shape index (κ2) is 25.2. The summed E-state index contributed by atoms with van der Waals surface area (Å²) in [6.07, 6.45) is -1.35. The number of rotatable bonds is 20. The van der Waals surface area contributed by atoms with Crippen molar-refractivity contribution in [2.75, 3.05) is 15.5 Å². The number of nitrogens with zero attached hydrogens (tertiary/aromatic N) is 3. The number of anilines is 1. The molecule has 15 heteroatoms. The Hall–Kier alpha value is -8.64. The minimum atomic E-state index is -1.03. The minimum Gasteiger partial charge on any atom is -0.449 e. The fourth-order valence-electron chi connectivity index (χ4n) is 9.98. The summed E-state index contributed by atoms with van der Waals surface area (Å²) in [5.41, 5.74) is 7.11. The predicted octanol–water partition coefficient (Wildman–Crippen LogP) is 12.8. The Labute approximate surface area is 491 Å². The molecular formula is C66H52IN5O7S2. The highest BCUT2D eigenvalue weighted by Gasteiger charge is 2.55. The molecular weight excluding hydrogens is 1170 g/mol. The van der Waals surface area contributed by atoms with Crippen LogP contribution in [0, 0.1) is 0 Å². The standard InChI is InChI=1S/C66H52IN5O7S2/c67-40-50-42-80-62-56(61(74)72(62)57(50)64(76)79-59(47-26-12-3-13-27-47)48-28-14-4-15-29-48)69-60(73)55(71-77-41-44-36-38-49(39-37-44)63(75)78-58(45-22-8-1-9-23-45)46-24-10-2-11-25-46)54-43-81-65(68-54)70-66(51-30-16-5-17-31-51,52-32-18-6-19-33-52)53-34-20-7-21-35-53/h1-39,43,56,58-59,62H,40-42H2,(H,68,70)(H,69,73)/b71-55-/t56-,62-/m1/s1. The summed E-state index contributed by atoms with van der Waals surface area (Å²) in [5, 5.41) is 12.7. The zero-order valence-electron chi connectivity index (χ0n) is 43.4. The number of thiazole rings is 1. The molecule has 2 aliphatic rings. The number of benzene rings is 8. The summed E-state index contributed by atoms with van der Waals surface area (Å²) in [7, 11) is 0. The van der Waals surface area contributed by atoms with Gasteiger partial charge in [0, 0.05) is 15.6 Å². The Morgan fingerprint density at radius 2 is 1.06 bits per heavy atom. The Bertz CT molecular complexity index is 3520. The van der Waals surface area contributed by atoms with Crippen LogP contribution in [0.25, 0.3) is 0 Å². The minimum absolute atomic E-state index is 0.0892. The number of β-lactam (4-membered cyclic amide) rings is 1. The van der Waals surface area contributed by atoms with Crippen LogP contribution in [0.5, 0.6) is 0 Å². The number of nitrogens with one attached hydrogen (secondary N) is 2. The van der Waals surface area contributed by atoms with E-state index >= 15 is 0 Å². The molecule has 0 radical (unpaired) electrons. The van der Waals surface area contributed by atoms with Crippen molar-refractivity contribution in [2.24, 2.45) is 5.16 Å². The average Bonchev–Trinajstić information content (AvgIpc) is 4.12. The largest absolute Gasteiger partial charge is 0.449 e. The highest BCUT2D eigenvalue weighted by Crippen LogP contribution is 2.43. The van der Waals surface area contributed by atoms with E-state index in [1.54, 1.807) is 29.6 Å². The predicted molar refractivity (Wildman–Crippen MR) is 325 cm³/mol. The Morgan fingerprint density at radius 3 is 1.52 bits per heavy atom. The summed E-state index contributed by atoms with van der Waals surface area (Å²) < 4.78 is 12.9. The fraction of sp³-hybridized carbons (Fsp3) is 0.121. The maximum atomic E-state index is 14.9. The molecule has 11 rings (SSSR count). The van der Waals surface area contributed by atoms with E-state index in [4.69, 9.17) is 19.3 Å². The van der Waals surface area contributed by atoms with E-state index in [-0.39, 0.29) is 23.7 Å². The van der Waals surface area contributed by atoms with Gasteiger partial charge in [-0.25, -0.2) is 14.6 Å². The molecule has 8 aromatic carbocycles. The molecule has 12 nitrogen and oxygen atoms in total. The molecule has 1 aromatic heterocycles. The van der Waals surface area contributed by atoms with Crippen molar-refractivity contribution < 1.29 is 33.5 Å². The number of carbonyl (C=O) groups is 4. The Kier molecular flexibility index (Phi) is 16.9. The third-order valence-electron chi connectivity index (χ3n) is 14.0. The van der Waals surface area contributed by atoms with Crippen molar-refractivity contribution in [1.82, 2.24) is 15.2 Å². The van der Waals surface area contributed by atoms with Crippen molar-refractivity contribution in [2.45, 2.75) is 35.8 Å². The number of amides is 2. The zero-order chi connectivity index (χ0) is 55.5. The maximum absolute atomic E-state index is 14.9. The van der Waals surface area contributed by atoms with E-state index in [1.807, 2.05) is 176 Å². The number of aromatic nitrogens is 1. The van der Waals surface area contributed by atoms with E-state index in [9.17, 15) is 19.2 Å². The quantitative estimate of drug-likeness (QED) is 0.0144. The van der Waals surface area contributed by atoms with E-state index in [0.29, 0.717) is 26.4 Å². The van der Waals surface area contributed by atoms with E-state index in [2.05, 4.69) is 74.8 Å². The highest BCUT2D eigenvalue weighted by atomic mass is 127. The number of esters is 2. The molecule has 1 fully saturated rings. The van der Waals surface area contributed by atoms with Crippen molar-refractivity contribution in [3.63, 3.8) is 0 Å². The Morgan fingerprint density at radius 1 is 0.617 bits per heavy atom. The van der Waals surface area contributed by atoms with Gasteiger partial charge in [0.1, 0.15) is 35.0 Å². The van der Waals surface area contributed by atoms with Crippen molar-refractivity contribution in [1.29, 1.82) is 0 Å². The average molecular weight is 1220 g/mol. The van der Waals surface area contributed by atoms with Gasteiger partial charge in [-0.1, -0.05) is 252 Å². The molecule has 2 amide bonds. The van der Waals surface area contributed by atoms with E-state index in [0.717, 1.165) is 44.5 Å². The van der Waals surface area contributed by atoms with Crippen LogP contribution < -0.4 is 10.6 Å².